The minimum atomic E-state index is 0.953. The first kappa shape index (κ1) is 27.9. The van der Waals surface area contributed by atoms with Crippen LogP contribution >= 0.6 is 22.7 Å². The molecule has 0 amide bonds. The van der Waals surface area contributed by atoms with Crippen LogP contribution in [0, 0.1) is 0 Å². The summed E-state index contributed by atoms with van der Waals surface area (Å²) in [5.41, 5.74) is 6.94. The Bertz CT molecular complexity index is 1680. The average Bonchev–Trinajstić information content (AvgIpc) is 3.64. The molecular formula is C36H34N4S2. The van der Waals surface area contributed by atoms with E-state index in [4.69, 9.17) is 9.98 Å². The minimum Gasteiger partial charge on any atom is -0.316 e. The zero-order valence-electron chi connectivity index (χ0n) is 23.5. The summed E-state index contributed by atoms with van der Waals surface area (Å²) in [6.07, 6.45) is 4.55. The van der Waals surface area contributed by atoms with Crippen molar-refractivity contribution in [2.45, 2.75) is 38.8 Å². The van der Waals surface area contributed by atoms with E-state index in [2.05, 4.69) is 105 Å². The second-order valence-electron chi connectivity index (χ2n) is 10.2. The molecule has 0 radical (unpaired) electrons. The maximum Gasteiger partial charge on any atom is 0.190 e. The van der Waals surface area contributed by atoms with Crippen LogP contribution in [0.15, 0.2) is 142 Å². The van der Waals surface area contributed by atoms with Crippen molar-refractivity contribution < 1.29 is 0 Å². The van der Waals surface area contributed by atoms with Crippen LogP contribution in [0.2, 0.25) is 0 Å². The van der Waals surface area contributed by atoms with E-state index >= 15 is 0 Å². The van der Waals surface area contributed by atoms with Crippen LogP contribution in [0.25, 0.3) is 22.5 Å². The number of para-hydroxylation sites is 2. The highest BCUT2D eigenvalue weighted by Gasteiger charge is 2.10. The van der Waals surface area contributed by atoms with E-state index in [0.717, 1.165) is 46.9 Å². The van der Waals surface area contributed by atoms with E-state index in [0.29, 0.717) is 0 Å². The Hall–Kier alpha value is -4.26. The smallest absolute Gasteiger partial charge is 0.190 e. The molecule has 0 spiro atoms. The van der Waals surface area contributed by atoms with Crippen molar-refractivity contribution in [2.75, 3.05) is 0 Å². The van der Waals surface area contributed by atoms with Gasteiger partial charge in [0.25, 0.3) is 0 Å². The molecule has 0 aliphatic heterocycles. The first-order valence-corrected chi connectivity index (χ1v) is 16.3. The molecule has 0 N–H and O–H groups in total. The van der Waals surface area contributed by atoms with Gasteiger partial charge in [0, 0.05) is 23.8 Å². The predicted molar refractivity (Wildman–Crippen MR) is 177 cm³/mol. The highest BCUT2D eigenvalue weighted by molar-refractivity contribution is 7.07. The molecule has 6 heteroatoms. The zero-order valence-corrected chi connectivity index (χ0v) is 25.2. The molecule has 0 saturated heterocycles. The molecule has 0 aliphatic carbocycles. The summed E-state index contributed by atoms with van der Waals surface area (Å²) in [7, 11) is 0. The van der Waals surface area contributed by atoms with E-state index in [-0.39, 0.29) is 0 Å². The number of hydrogen-bond acceptors (Lipinski definition) is 4. The molecule has 0 unspecified atom stereocenters. The first-order valence-electron chi connectivity index (χ1n) is 14.5. The number of benzene rings is 4. The molecule has 0 bridgehead atoms. The van der Waals surface area contributed by atoms with Gasteiger partial charge >= 0.3 is 0 Å². The fourth-order valence-electron chi connectivity index (χ4n) is 5.07. The van der Waals surface area contributed by atoms with Gasteiger partial charge in [-0.3, -0.25) is 0 Å². The van der Waals surface area contributed by atoms with Crippen LogP contribution in [0.4, 0.5) is 11.4 Å². The van der Waals surface area contributed by atoms with E-state index < -0.39 is 0 Å². The lowest BCUT2D eigenvalue weighted by atomic mass is 10.1. The van der Waals surface area contributed by atoms with Crippen molar-refractivity contribution in [3.8, 4) is 22.5 Å². The summed E-state index contributed by atoms with van der Waals surface area (Å²) in [5, 5.41) is 4.49. The molecule has 2 heterocycles. The molecule has 2 aromatic heterocycles. The number of thiazole rings is 2. The molecule has 6 rings (SSSR count). The molecule has 0 fully saturated rings. The zero-order chi connectivity index (χ0) is 28.4. The van der Waals surface area contributed by atoms with Crippen LogP contribution in [0.1, 0.15) is 25.7 Å². The van der Waals surface area contributed by atoms with Crippen LogP contribution in [0.5, 0.6) is 0 Å². The third-order valence-electron chi connectivity index (χ3n) is 7.21. The van der Waals surface area contributed by atoms with E-state index in [1.807, 2.05) is 36.4 Å². The van der Waals surface area contributed by atoms with Crippen molar-refractivity contribution in [2.24, 2.45) is 9.98 Å². The first-order chi connectivity index (χ1) is 20.8. The quantitative estimate of drug-likeness (QED) is 0.136. The van der Waals surface area contributed by atoms with Gasteiger partial charge in [-0.1, -0.05) is 110 Å². The van der Waals surface area contributed by atoms with Gasteiger partial charge in [0.2, 0.25) is 0 Å². The molecular weight excluding hydrogens is 553 g/mol. The van der Waals surface area contributed by atoms with Crippen molar-refractivity contribution in [1.82, 2.24) is 9.13 Å². The Morgan fingerprint density at radius 2 is 0.786 bits per heavy atom. The lowest BCUT2D eigenvalue weighted by molar-refractivity contribution is 0.535. The van der Waals surface area contributed by atoms with Crippen molar-refractivity contribution >= 4 is 34.0 Å². The molecule has 210 valence electrons. The van der Waals surface area contributed by atoms with Gasteiger partial charge in [-0.15, -0.1) is 22.7 Å². The third-order valence-corrected chi connectivity index (χ3v) is 8.94. The Kier molecular flexibility index (Phi) is 9.35. The van der Waals surface area contributed by atoms with Crippen molar-refractivity contribution in [3.63, 3.8) is 0 Å². The Morgan fingerprint density at radius 1 is 0.429 bits per heavy atom. The lowest BCUT2D eigenvalue weighted by Crippen LogP contribution is -2.17. The number of unbranched alkanes of at least 4 members (excludes halogenated alkanes) is 3. The highest BCUT2D eigenvalue weighted by Crippen LogP contribution is 2.23. The van der Waals surface area contributed by atoms with Gasteiger partial charge in [-0.25, -0.2) is 9.98 Å². The maximum absolute atomic E-state index is 4.99. The van der Waals surface area contributed by atoms with Gasteiger partial charge in [0.1, 0.15) is 0 Å². The molecule has 6 aromatic rings. The number of aromatic nitrogens is 2. The molecule has 0 atom stereocenters. The standard InChI is InChI=1S/C36H34N4S2/c1(15-25-39-33(29-17-7-3-8-18-29)27-41-35(39)37-31-21-11-5-12-22-31)2-16-26-40-34(30-19-9-4-10-20-30)28-42-36(40)38-32-23-13-6-14-24-32/h3-14,17-24,27-28H,1-2,15-16,25-26H2. The normalized spacial score (nSPS) is 12.2. The second kappa shape index (κ2) is 14.1. The van der Waals surface area contributed by atoms with Crippen LogP contribution < -0.4 is 9.60 Å². The Balaban J connectivity index is 1.15. The maximum atomic E-state index is 4.99. The van der Waals surface area contributed by atoms with Crippen LogP contribution in [-0.2, 0) is 13.1 Å². The summed E-state index contributed by atoms with van der Waals surface area (Å²) in [6.45, 7) is 1.91. The SMILES string of the molecule is c1ccc(N=c2scc(-c3ccccc3)n2CCCCCCn2c(-c3ccccc3)csc2=Nc2ccccc2)cc1. The van der Waals surface area contributed by atoms with Crippen molar-refractivity contribution in [3.05, 3.63) is 142 Å². The van der Waals surface area contributed by atoms with Gasteiger partial charge in [-0.05, 0) is 48.2 Å². The summed E-state index contributed by atoms with van der Waals surface area (Å²) >= 11 is 3.44. The monoisotopic (exact) mass is 586 g/mol. The molecule has 0 aliphatic rings. The predicted octanol–water partition coefficient (Wildman–Crippen LogP) is 9.47. The summed E-state index contributed by atoms with van der Waals surface area (Å²) < 4.78 is 4.79. The van der Waals surface area contributed by atoms with Gasteiger partial charge in [0.05, 0.1) is 22.8 Å². The second-order valence-corrected chi connectivity index (χ2v) is 11.8. The van der Waals surface area contributed by atoms with Crippen molar-refractivity contribution in [1.29, 1.82) is 0 Å². The largest absolute Gasteiger partial charge is 0.316 e. The van der Waals surface area contributed by atoms with Gasteiger partial charge in [-0.2, -0.15) is 0 Å². The summed E-state index contributed by atoms with van der Waals surface area (Å²) in [5.74, 6) is 0. The van der Waals surface area contributed by atoms with Crippen LogP contribution in [0.3, 0.4) is 0 Å². The minimum absolute atomic E-state index is 0.953. The Labute approximate surface area is 255 Å². The fourth-order valence-corrected chi connectivity index (χ4v) is 6.98. The van der Waals surface area contributed by atoms with E-state index in [1.54, 1.807) is 22.7 Å². The van der Waals surface area contributed by atoms with E-state index in [1.165, 1.54) is 35.4 Å². The van der Waals surface area contributed by atoms with Crippen LogP contribution in [-0.4, -0.2) is 9.13 Å². The Morgan fingerprint density at radius 3 is 1.17 bits per heavy atom. The fraction of sp³-hybridized carbons (Fsp3) is 0.167. The summed E-state index contributed by atoms with van der Waals surface area (Å²) in [4.78, 5) is 12.1. The topological polar surface area (TPSA) is 34.6 Å². The lowest BCUT2D eigenvalue weighted by Gasteiger charge is -2.11. The third kappa shape index (κ3) is 6.96. The van der Waals surface area contributed by atoms with E-state index in [9.17, 15) is 0 Å². The molecule has 42 heavy (non-hydrogen) atoms. The highest BCUT2D eigenvalue weighted by atomic mass is 32.1. The van der Waals surface area contributed by atoms with Gasteiger partial charge < -0.3 is 9.13 Å². The molecule has 4 aromatic carbocycles. The van der Waals surface area contributed by atoms with Gasteiger partial charge in [0.15, 0.2) is 9.60 Å². The molecule has 4 nitrogen and oxygen atoms in total. The average molecular weight is 587 g/mol. The summed E-state index contributed by atoms with van der Waals surface area (Å²) in [6, 6.07) is 41.8. The molecule has 0 saturated carbocycles. The number of hydrogen-bond donors (Lipinski definition) is 0. The number of nitrogens with zero attached hydrogens (tertiary/aromatic N) is 4. The number of rotatable bonds is 11.